The lowest BCUT2D eigenvalue weighted by atomic mass is 10.1. The molecule has 2 rings (SSSR count). The van der Waals surface area contributed by atoms with Gasteiger partial charge in [-0.2, -0.15) is 0 Å². The van der Waals surface area contributed by atoms with Gasteiger partial charge in [0.05, 0.1) is 0 Å². The summed E-state index contributed by atoms with van der Waals surface area (Å²) in [5, 5.41) is 10.5. The molecule has 1 amide bonds. The van der Waals surface area contributed by atoms with Crippen LogP contribution in [0.1, 0.15) is 13.8 Å². The zero-order chi connectivity index (χ0) is 17.5. The largest absolute Gasteiger partial charge is 0.367 e. The number of anilines is 1. The molecule has 1 aromatic carbocycles. The average Bonchev–Trinajstić information content (AvgIpc) is 3.10. The van der Waals surface area contributed by atoms with Crippen LogP contribution < -0.4 is 5.32 Å². The van der Waals surface area contributed by atoms with Crippen molar-refractivity contribution in [2.45, 2.75) is 13.8 Å². The average molecular weight is 319 g/mol. The van der Waals surface area contributed by atoms with Crippen molar-refractivity contribution in [1.82, 2.24) is 4.98 Å². The van der Waals surface area contributed by atoms with Gasteiger partial charge >= 0.3 is 0 Å². The molecule has 4 heteroatoms. The number of carbonyl (C=O) groups excluding carboxylic acids is 1. The first-order chi connectivity index (χ1) is 11.5. The van der Waals surface area contributed by atoms with Crippen molar-refractivity contribution in [2.75, 3.05) is 5.32 Å². The third kappa shape index (κ3) is 4.43. The van der Waals surface area contributed by atoms with Gasteiger partial charge in [-0.3, -0.25) is 4.79 Å². The molecule has 4 nitrogen and oxygen atoms in total. The number of aromatic nitrogens is 1. The fourth-order valence-electron chi connectivity index (χ4n) is 2.12. The van der Waals surface area contributed by atoms with E-state index in [4.69, 9.17) is 5.41 Å². The van der Waals surface area contributed by atoms with Crippen LogP contribution in [0.3, 0.4) is 0 Å². The standard InChI is InChI=1S/C20H21N3O/c1-4-16(15(3)21)6-5-14(2)20(24)23-19-9-7-17(8-10-19)18-11-12-22-13-18/h4-13,21-22H,1H2,2-3H3,(H,23,24)/b14-5?,16-6+,21-15?. The predicted molar refractivity (Wildman–Crippen MR) is 100 cm³/mol. The lowest BCUT2D eigenvalue weighted by Gasteiger charge is -2.06. The molecule has 0 spiro atoms. The van der Waals surface area contributed by atoms with Crippen LogP contribution in [-0.4, -0.2) is 16.6 Å². The molecule has 0 saturated carbocycles. The minimum Gasteiger partial charge on any atom is -0.367 e. The summed E-state index contributed by atoms with van der Waals surface area (Å²) in [5.41, 5.74) is 4.59. The molecule has 0 saturated heterocycles. The van der Waals surface area contributed by atoms with Crippen molar-refractivity contribution in [3.8, 4) is 11.1 Å². The summed E-state index contributed by atoms with van der Waals surface area (Å²) in [7, 11) is 0. The first-order valence-corrected chi connectivity index (χ1v) is 7.62. The molecule has 24 heavy (non-hydrogen) atoms. The third-order valence-electron chi connectivity index (χ3n) is 3.60. The van der Waals surface area contributed by atoms with E-state index < -0.39 is 0 Å². The zero-order valence-corrected chi connectivity index (χ0v) is 13.9. The van der Waals surface area contributed by atoms with Crippen molar-refractivity contribution in [3.63, 3.8) is 0 Å². The van der Waals surface area contributed by atoms with Gasteiger partial charge in [0.2, 0.25) is 0 Å². The molecular weight excluding hydrogens is 298 g/mol. The quantitative estimate of drug-likeness (QED) is 0.402. The van der Waals surface area contributed by atoms with Crippen LogP contribution in [-0.2, 0) is 4.79 Å². The van der Waals surface area contributed by atoms with Crippen LogP contribution in [0.25, 0.3) is 11.1 Å². The van der Waals surface area contributed by atoms with Crippen LogP contribution in [0.5, 0.6) is 0 Å². The molecule has 0 fully saturated rings. The van der Waals surface area contributed by atoms with Gasteiger partial charge in [0.1, 0.15) is 0 Å². The highest BCUT2D eigenvalue weighted by Crippen LogP contribution is 2.21. The van der Waals surface area contributed by atoms with E-state index in [-0.39, 0.29) is 5.91 Å². The lowest BCUT2D eigenvalue weighted by molar-refractivity contribution is -0.112. The number of carbonyl (C=O) groups is 1. The summed E-state index contributed by atoms with van der Waals surface area (Å²) in [6, 6.07) is 9.67. The van der Waals surface area contributed by atoms with Crippen LogP contribution in [0.15, 0.2) is 78.7 Å². The fourth-order valence-corrected chi connectivity index (χ4v) is 2.12. The summed E-state index contributed by atoms with van der Waals surface area (Å²) in [6.45, 7) is 7.08. The third-order valence-corrected chi connectivity index (χ3v) is 3.60. The van der Waals surface area contributed by atoms with Gasteiger partial charge in [-0.25, -0.2) is 0 Å². The van der Waals surface area contributed by atoms with E-state index in [1.165, 1.54) is 0 Å². The molecule has 2 aromatic rings. The lowest BCUT2D eigenvalue weighted by Crippen LogP contribution is -2.12. The molecule has 0 atom stereocenters. The Labute approximate surface area is 142 Å². The van der Waals surface area contributed by atoms with Crippen LogP contribution in [0.4, 0.5) is 5.69 Å². The molecule has 0 unspecified atom stereocenters. The Morgan fingerprint density at radius 3 is 2.38 bits per heavy atom. The molecule has 122 valence electrons. The number of hydrogen-bond donors (Lipinski definition) is 3. The SMILES string of the molecule is C=C/C(=C\C=C(C)C(=O)Nc1ccc(-c2cc[nH]c2)cc1)C(C)=N. The number of allylic oxidation sites excluding steroid dienone is 4. The fraction of sp³-hybridized carbons (Fsp3) is 0.100. The molecule has 0 aliphatic heterocycles. The van der Waals surface area contributed by atoms with E-state index in [1.54, 1.807) is 32.1 Å². The second kappa shape index (κ2) is 7.92. The number of aromatic amines is 1. The first-order valence-electron chi connectivity index (χ1n) is 7.62. The van der Waals surface area contributed by atoms with Crippen LogP contribution in [0.2, 0.25) is 0 Å². The minimum atomic E-state index is -0.174. The van der Waals surface area contributed by atoms with Gasteiger partial charge in [0.15, 0.2) is 0 Å². The Balaban J connectivity index is 2.06. The number of amides is 1. The van der Waals surface area contributed by atoms with Crippen molar-refractivity contribution in [1.29, 1.82) is 5.41 Å². The van der Waals surface area contributed by atoms with Crippen molar-refractivity contribution in [2.24, 2.45) is 0 Å². The number of H-pyrrole nitrogens is 1. The number of benzene rings is 1. The predicted octanol–water partition coefficient (Wildman–Crippen LogP) is 4.72. The van der Waals surface area contributed by atoms with Gasteiger partial charge in [0.25, 0.3) is 5.91 Å². The van der Waals surface area contributed by atoms with Gasteiger partial charge in [-0.1, -0.05) is 36.9 Å². The van der Waals surface area contributed by atoms with Gasteiger partial charge in [-0.15, -0.1) is 0 Å². The molecule has 1 aromatic heterocycles. The van der Waals surface area contributed by atoms with E-state index in [0.29, 0.717) is 16.9 Å². The molecule has 0 aliphatic carbocycles. The second-order valence-electron chi connectivity index (χ2n) is 5.43. The van der Waals surface area contributed by atoms with Crippen molar-refractivity contribution >= 4 is 17.3 Å². The normalized spacial score (nSPS) is 11.9. The smallest absolute Gasteiger partial charge is 0.251 e. The molecule has 1 heterocycles. The maximum atomic E-state index is 12.2. The Bertz CT molecular complexity index is 794. The monoisotopic (exact) mass is 319 g/mol. The second-order valence-corrected chi connectivity index (χ2v) is 5.43. The zero-order valence-electron chi connectivity index (χ0n) is 13.9. The number of hydrogen-bond acceptors (Lipinski definition) is 2. The van der Waals surface area contributed by atoms with E-state index >= 15 is 0 Å². The number of rotatable bonds is 6. The molecule has 0 radical (unpaired) electrons. The maximum absolute atomic E-state index is 12.2. The van der Waals surface area contributed by atoms with Gasteiger partial charge < -0.3 is 15.7 Å². The molecule has 0 aliphatic rings. The van der Waals surface area contributed by atoms with Crippen LogP contribution >= 0.6 is 0 Å². The summed E-state index contributed by atoms with van der Waals surface area (Å²) in [5.74, 6) is -0.174. The van der Waals surface area contributed by atoms with Gasteiger partial charge in [-0.05, 0) is 48.7 Å². The summed E-state index contributed by atoms with van der Waals surface area (Å²) in [4.78, 5) is 15.2. The van der Waals surface area contributed by atoms with Crippen molar-refractivity contribution < 1.29 is 4.79 Å². The van der Waals surface area contributed by atoms with E-state index in [2.05, 4.69) is 16.9 Å². The summed E-state index contributed by atoms with van der Waals surface area (Å²) >= 11 is 0. The Kier molecular flexibility index (Phi) is 5.68. The highest BCUT2D eigenvalue weighted by molar-refractivity contribution is 6.04. The molecule has 0 bridgehead atoms. The Morgan fingerprint density at radius 1 is 1.12 bits per heavy atom. The Morgan fingerprint density at radius 2 is 1.83 bits per heavy atom. The molecular formula is C20H21N3O. The summed E-state index contributed by atoms with van der Waals surface area (Å²) < 4.78 is 0. The maximum Gasteiger partial charge on any atom is 0.251 e. The van der Waals surface area contributed by atoms with Crippen LogP contribution in [0, 0.1) is 5.41 Å². The number of nitrogens with one attached hydrogen (secondary N) is 3. The minimum absolute atomic E-state index is 0.174. The van der Waals surface area contributed by atoms with Crippen molar-refractivity contribution in [3.05, 3.63) is 78.7 Å². The Hall–Kier alpha value is -3.14. The summed E-state index contributed by atoms with van der Waals surface area (Å²) in [6.07, 6.45) is 8.82. The van der Waals surface area contributed by atoms with E-state index in [1.807, 2.05) is 42.7 Å². The molecule has 3 N–H and O–H groups in total. The first kappa shape index (κ1) is 17.2. The van der Waals surface area contributed by atoms with E-state index in [0.717, 1.165) is 16.8 Å². The highest BCUT2D eigenvalue weighted by atomic mass is 16.1. The highest BCUT2D eigenvalue weighted by Gasteiger charge is 2.05. The van der Waals surface area contributed by atoms with E-state index in [9.17, 15) is 4.79 Å². The topological polar surface area (TPSA) is 68.7 Å². The van der Waals surface area contributed by atoms with Gasteiger partial charge in [0, 0.05) is 29.4 Å².